The minimum atomic E-state index is -3.37. The Labute approximate surface area is 415 Å². The van der Waals surface area contributed by atoms with Gasteiger partial charge >= 0.3 is 0 Å². The molecule has 0 aromatic heterocycles. The first-order valence-electron chi connectivity index (χ1n) is 22.3. The van der Waals surface area contributed by atoms with Crippen LogP contribution in [0.2, 0.25) is 0 Å². The molecule has 7 rings (SSSR count). The van der Waals surface area contributed by atoms with E-state index in [9.17, 15) is 5.11 Å². The van der Waals surface area contributed by atoms with Crippen molar-refractivity contribution >= 4 is 40.9 Å². The molecule has 0 heterocycles. The zero-order chi connectivity index (χ0) is 43.6. The van der Waals surface area contributed by atoms with Crippen LogP contribution in [0.5, 0.6) is 0 Å². The Morgan fingerprint density at radius 1 is 0.435 bits per heavy atom. The first-order chi connectivity index (χ1) is 30.0. The summed E-state index contributed by atoms with van der Waals surface area (Å²) in [6.07, 6.45) is 7.96. The number of aliphatic hydroxyl groups excluding tert-OH is 1. The third kappa shape index (κ3) is 15.4. The molecule has 0 aliphatic rings. The molecule has 1 N–H and O–H groups in total. The summed E-state index contributed by atoms with van der Waals surface area (Å²) in [5, 5.41) is 15.2. The molecule has 0 aliphatic carbocycles. The van der Waals surface area contributed by atoms with E-state index in [4.69, 9.17) is 4.52 Å². The Balaban J connectivity index is 0.000000314. The second-order valence-electron chi connectivity index (χ2n) is 14.7. The minimum Gasteiger partial charge on any atom is -0.388 e. The molecule has 0 aliphatic heterocycles. The van der Waals surface area contributed by atoms with Crippen LogP contribution in [0.25, 0.3) is 0 Å². The number of rotatable bonds is 15. The van der Waals surface area contributed by atoms with Crippen LogP contribution in [0.3, 0.4) is 0 Å². The van der Waals surface area contributed by atoms with Gasteiger partial charge in [-0.15, -0.1) is 0 Å². The topological polar surface area (TPSA) is 49.7 Å². The van der Waals surface area contributed by atoms with E-state index in [0.717, 1.165) is 44.9 Å². The van der Waals surface area contributed by atoms with E-state index in [-0.39, 0.29) is 55.5 Å². The first-order valence-corrected chi connectivity index (χ1v) is 25.7. The summed E-state index contributed by atoms with van der Waals surface area (Å²) >= 11 is 0. The summed E-state index contributed by atoms with van der Waals surface area (Å²) in [6, 6.07) is 71.1. The van der Waals surface area contributed by atoms with Crippen LogP contribution in [0.4, 0.5) is 0 Å². The number of aliphatic hydroxyl groups is 1. The Morgan fingerprint density at radius 3 is 1.06 bits per heavy atom. The molecule has 7 aromatic rings. The van der Waals surface area contributed by atoms with Crippen molar-refractivity contribution in [2.45, 2.75) is 91.6 Å². The molecule has 0 fully saturated rings. The summed E-state index contributed by atoms with van der Waals surface area (Å²) in [5.41, 5.74) is 2.37. The number of unbranched alkanes of at least 4 members (excludes halogenated alkanes) is 3. The molecule has 2 atom stereocenters. The fraction of sp³-hybridized carbons (Fsp3) is 0.250. The molecule has 0 saturated carbocycles. The maximum Gasteiger partial charge on any atom is 0.247 e. The summed E-state index contributed by atoms with van der Waals surface area (Å²) in [6.45, 7) is 10.6. The number of hydrogen-bond acceptors (Lipinski definition) is 2. The predicted octanol–water partition coefficient (Wildman–Crippen LogP) is 14.4. The molecule has 62 heavy (non-hydrogen) atoms. The van der Waals surface area contributed by atoms with Crippen LogP contribution in [0.15, 0.2) is 217 Å². The number of nitrogens with zero attached hydrogens (tertiary/aromatic N) is 1. The predicted molar refractivity (Wildman–Crippen MR) is 269 cm³/mol. The summed E-state index contributed by atoms with van der Waals surface area (Å²) in [4.78, 5) is 0. The van der Waals surface area contributed by atoms with Gasteiger partial charge in [-0.3, -0.25) is 4.57 Å². The molecule has 0 bridgehead atoms. The largest absolute Gasteiger partial charge is 0.388 e. The van der Waals surface area contributed by atoms with E-state index < -0.39 is 14.3 Å². The summed E-state index contributed by atoms with van der Waals surface area (Å²) < 4.78 is 20.8. The molecule has 6 heteroatoms. The molecule has 2 unspecified atom stereocenters. The van der Waals surface area contributed by atoms with Crippen LogP contribution >= 0.6 is 14.3 Å². The maximum absolute atomic E-state index is 15.2. The van der Waals surface area contributed by atoms with Gasteiger partial charge in [0, 0.05) is 75.9 Å². The standard InChI is InChI=1S/C30H25NOP2.C20H26O.C4H10.C2H6.Eu/c32-34(29-22-12-4-13-23-29,30-24-14-5-15-25-30)31-33(26-16-6-1-7-17-26,27-18-8-2-9-19-27)28-20-10-3-11-21-28;1-2-3-6-15-19(17-11-7-4-8-12-17)16-20(21)18-13-9-5-10-14-18;1-3-4-2;1-2;/h1-25H;4-5,7-14,19-21H,2-3,6,15-16H2,1H3;3-4H2,1-2H3;1-2H3;. The van der Waals surface area contributed by atoms with E-state index in [1.165, 1.54) is 37.7 Å². The third-order valence-corrected chi connectivity index (χ3v) is 17.7. The van der Waals surface area contributed by atoms with E-state index in [0.29, 0.717) is 5.92 Å². The van der Waals surface area contributed by atoms with Crippen molar-refractivity contribution in [3.63, 3.8) is 0 Å². The van der Waals surface area contributed by atoms with Crippen molar-refractivity contribution < 1.29 is 59.0 Å². The van der Waals surface area contributed by atoms with Gasteiger partial charge in [0.15, 0.2) is 0 Å². The molecule has 0 spiro atoms. The van der Waals surface area contributed by atoms with Gasteiger partial charge in [0.05, 0.1) is 13.2 Å². The van der Waals surface area contributed by atoms with Gasteiger partial charge in [-0.2, -0.15) is 0 Å². The van der Waals surface area contributed by atoms with Crippen molar-refractivity contribution in [1.29, 1.82) is 0 Å². The average Bonchev–Trinajstić information content (AvgIpc) is 3.35. The third-order valence-electron chi connectivity index (χ3n) is 10.5. The smallest absolute Gasteiger partial charge is 0.247 e. The van der Waals surface area contributed by atoms with E-state index in [2.05, 4.69) is 87.5 Å². The van der Waals surface area contributed by atoms with Gasteiger partial charge in [0.1, 0.15) is 0 Å². The van der Waals surface area contributed by atoms with Crippen molar-refractivity contribution in [2.75, 3.05) is 0 Å². The molecular weight excluding hydrogens is 933 g/mol. The molecule has 0 amide bonds. The first kappa shape index (κ1) is 52.9. The van der Waals surface area contributed by atoms with E-state index in [1.807, 2.05) is 159 Å². The second kappa shape index (κ2) is 29.8. The maximum atomic E-state index is 15.2. The zero-order valence-corrected chi connectivity index (χ0v) is 41.6. The molecular formula is C56H67EuNO2P2. The monoisotopic (exact) mass is 1000 g/mol. The Kier molecular flexibility index (Phi) is 25.4. The van der Waals surface area contributed by atoms with Crippen molar-refractivity contribution in [1.82, 2.24) is 0 Å². The molecule has 325 valence electrons. The van der Waals surface area contributed by atoms with E-state index in [1.54, 1.807) is 0 Å². The van der Waals surface area contributed by atoms with Crippen LogP contribution < -0.4 is 26.5 Å². The number of benzene rings is 7. The van der Waals surface area contributed by atoms with Crippen LogP contribution in [-0.4, -0.2) is 5.11 Å². The summed E-state index contributed by atoms with van der Waals surface area (Å²) in [7, 11) is -6.01. The normalized spacial score (nSPS) is 11.6. The van der Waals surface area contributed by atoms with Gasteiger partial charge in [0.25, 0.3) is 0 Å². The van der Waals surface area contributed by atoms with Gasteiger partial charge in [0.2, 0.25) is 7.29 Å². The zero-order valence-electron chi connectivity index (χ0n) is 37.4. The van der Waals surface area contributed by atoms with Gasteiger partial charge < -0.3 is 5.11 Å². The Bertz CT molecular complexity index is 2130. The fourth-order valence-electron chi connectivity index (χ4n) is 7.10. The molecule has 1 radical (unpaired) electrons. The number of hydrogen-bond donors (Lipinski definition) is 1. The minimum absolute atomic E-state index is 0. The quantitative estimate of drug-likeness (QED) is 0.0822. The summed E-state index contributed by atoms with van der Waals surface area (Å²) in [5.74, 6) is 0.438. The SMILES string of the molecule is CC.CCCC.CCCCCC(CC(O)c1ccccc1)c1ccccc1.O=P(N=P(c1ccccc1)(c1ccccc1)c1ccccc1)(c1ccccc1)c1ccccc1.[Eu]. The average molecular weight is 1000 g/mol. The van der Waals surface area contributed by atoms with Gasteiger partial charge in [-0.05, 0) is 54.2 Å². The second-order valence-corrected chi connectivity index (χ2v) is 20.5. The van der Waals surface area contributed by atoms with Gasteiger partial charge in [-0.1, -0.05) is 255 Å². The molecule has 7 aromatic carbocycles. The van der Waals surface area contributed by atoms with Crippen molar-refractivity contribution in [3.05, 3.63) is 223 Å². The van der Waals surface area contributed by atoms with Crippen LogP contribution in [-0.2, 0) is 4.57 Å². The Hall–Kier alpha value is -3.46. The molecule has 0 saturated heterocycles. The Morgan fingerprint density at radius 2 is 0.742 bits per heavy atom. The fourth-order valence-corrected chi connectivity index (χ4v) is 14.8. The van der Waals surface area contributed by atoms with Crippen LogP contribution in [0, 0.1) is 49.4 Å². The van der Waals surface area contributed by atoms with Crippen LogP contribution in [0.1, 0.15) is 103 Å². The molecule has 3 nitrogen and oxygen atoms in total. The van der Waals surface area contributed by atoms with E-state index >= 15 is 4.57 Å². The van der Waals surface area contributed by atoms with Gasteiger partial charge in [-0.25, -0.2) is 4.52 Å². The van der Waals surface area contributed by atoms with Crippen molar-refractivity contribution in [2.24, 2.45) is 4.52 Å². The van der Waals surface area contributed by atoms with Crippen molar-refractivity contribution in [3.8, 4) is 0 Å².